The number of amides is 1. The summed E-state index contributed by atoms with van der Waals surface area (Å²) in [5, 5.41) is 35.5. The van der Waals surface area contributed by atoms with Crippen molar-refractivity contribution in [2.75, 3.05) is 46.5 Å². The van der Waals surface area contributed by atoms with Gasteiger partial charge in [0.2, 0.25) is 5.79 Å². The largest absolute Gasteiger partial charge is 0.459 e. The van der Waals surface area contributed by atoms with Crippen LogP contribution in [0.3, 0.4) is 0 Å². The summed E-state index contributed by atoms with van der Waals surface area (Å²) in [5.41, 5.74) is 2.29. The van der Waals surface area contributed by atoms with E-state index in [1.54, 1.807) is 31.3 Å². The zero-order valence-electron chi connectivity index (χ0n) is 29.7. The van der Waals surface area contributed by atoms with E-state index in [1.807, 2.05) is 12.1 Å². The second-order valence-electron chi connectivity index (χ2n) is 13.2. The lowest BCUT2D eigenvalue weighted by atomic mass is 9.55. The van der Waals surface area contributed by atoms with Gasteiger partial charge in [0, 0.05) is 44.2 Å². The van der Waals surface area contributed by atoms with Gasteiger partial charge in [0.1, 0.15) is 37.0 Å². The molecule has 0 aromatic heterocycles. The third kappa shape index (κ3) is 8.22. The molecule has 282 valence electrons. The van der Waals surface area contributed by atoms with Gasteiger partial charge in [-0.3, -0.25) is 10.1 Å². The van der Waals surface area contributed by atoms with Gasteiger partial charge in [-0.2, -0.15) is 0 Å². The summed E-state index contributed by atoms with van der Waals surface area (Å²) >= 11 is 5.87. The van der Waals surface area contributed by atoms with Gasteiger partial charge < -0.3 is 38.9 Å². The molecule has 6 atom stereocenters. The monoisotopic (exact) mass is 741 g/mol. The molecule has 1 aliphatic heterocycles. The molecule has 14 heteroatoms. The van der Waals surface area contributed by atoms with Crippen LogP contribution in [0.15, 0.2) is 71.9 Å². The first kappa shape index (κ1) is 39.0. The molecular weight excluding hydrogens is 694 g/mol. The van der Waals surface area contributed by atoms with E-state index in [2.05, 4.69) is 17.8 Å². The maximum atomic E-state index is 13.5. The topological polar surface area (TPSA) is 162 Å². The first-order valence-corrected chi connectivity index (χ1v) is 18.3. The van der Waals surface area contributed by atoms with Crippen molar-refractivity contribution in [1.82, 2.24) is 4.90 Å². The number of allylic oxidation sites excluding steroid dienone is 1. The predicted molar refractivity (Wildman–Crippen MR) is 195 cm³/mol. The highest BCUT2D eigenvalue weighted by molar-refractivity contribution is 6.18. The Kier molecular flexibility index (Phi) is 13.6. The summed E-state index contributed by atoms with van der Waals surface area (Å²) in [5.74, 6) is -0.684. The van der Waals surface area contributed by atoms with E-state index < -0.39 is 28.8 Å². The Morgan fingerprint density at radius 2 is 1.90 bits per heavy atom. The number of benzene rings is 2. The Bertz CT molecular complexity index is 1640. The maximum Gasteiger partial charge on any atom is 0.410 e. The molecule has 1 fully saturated rings. The lowest BCUT2D eigenvalue weighted by Crippen LogP contribution is -2.69. The minimum absolute atomic E-state index is 0.0115. The number of non-ortho nitro benzene ring substituents is 1. The van der Waals surface area contributed by atoms with Gasteiger partial charge in [-0.05, 0) is 67.4 Å². The molecule has 0 saturated heterocycles. The Hall–Kier alpha value is -4.17. The van der Waals surface area contributed by atoms with Gasteiger partial charge in [0.05, 0.1) is 35.1 Å². The van der Waals surface area contributed by atoms with Crippen LogP contribution in [0.25, 0.3) is 0 Å². The van der Waals surface area contributed by atoms with Crippen LogP contribution < -0.4 is 9.47 Å². The van der Waals surface area contributed by atoms with Crippen LogP contribution in [0, 0.1) is 27.9 Å². The quantitative estimate of drug-likeness (QED) is 0.0537. The number of hydrogen-bond acceptors (Lipinski definition) is 11. The molecule has 0 spiro atoms. The van der Waals surface area contributed by atoms with Crippen molar-refractivity contribution in [3.05, 3.63) is 82.4 Å². The number of carbonyl (C=O) groups is 1. The first-order chi connectivity index (χ1) is 25.2. The smallest absolute Gasteiger partial charge is 0.410 e. The fraction of sp³-hybridized carbons (Fsp3) is 0.526. The number of nitro benzene ring substituents is 1. The Balaban J connectivity index is 1.73. The molecule has 2 aromatic rings. The number of oxime groups is 1. The zero-order valence-corrected chi connectivity index (χ0v) is 30.4. The second kappa shape index (κ2) is 18.0. The fourth-order valence-corrected chi connectivity index (χ4v) is 8.13. The van der Waals surface area contributed by atoms with Gasteiger partial charge in [-0.1, -0.05) is 36.2 Å². The minimum Gasteiger partial charge on any atom is -0.459 e. The number of carbonyl (C=O) groups excluding carboxylic acids is 1. The number of rotatable bonds is 18. The number of nitro groups is 1. The SMILES string of the molecule is C=CCO[C@@]12Oc3ccc(Oc4cccc([N+](=O)[O-])c4)cc3[C@H]3[C@H](CCCCO)[C@@H](CCCCO)C=C(C(=NOC)C[C@@H]1N(C)C(=O)OCCCl)[C@H]32. The standard InChI is InChI=1S/C38H48ClN3O10/c1-4-19-50-38-34(41(2)37(45)49-20-16-39)24-32(40-48-3)30-21-25(10-5-7-17-43)29(13-6-8-18-44)35(36(30)38)31-23-28(14-15-33(31)52-38)51-27-12-9-11-26(22-27)42(46)47/h4,9,11-12,14-15,21-23,25,29,34-36,43-44H,1,5-8,10,13,16-20,24H2,2-3H3/t25-,29+,34-,35+,36+,38+/m0/s1. The molecule has 3 aliphatic rings. The van der Waals surface area contributed by atoms with Crippen LogP contribution in [0.5, 0.6) is 17.2 Å². The Morgan fingerprint density at radius 1 is 1.15 bits per heavy atom. The summed E-state index contributed by atoms with van der Waals surface area (Å²) in [4.78, 5) is 31.4. The number of halogens is 1. The molecule has 1 saturated carbocycles. The molecule has 1 amide bonds. The fourth-order valence-electron chi connectivity index (χ4n) is 8.05. The number of ether oxygens (including phenoxy) is 4. The van der Waals surface area contributed by atoms with Crippen LogP contribution in [0.1, 0.15) is 56.4 Å². The number of likely N-dealkylation sites (N-methyl/N-ethyl adjacent to an activating group) is 1. The highest BCUT2D eigenvalue weighted by Gasteiger charge is 2.65. The number of aliphatic hydroxyl groups is 2. The van der Waals surface area contributed by atoms with Crippen LogP contribution in [-0.4, -0.2) is 90.1 Å². The van der Waals surface area contributed by atoms with E-state index in [9.17, 15) is 25.1 Å². The molecule has 1 heterocycles. The molecule has 0 unspecified atom stereocenters. The molecule has 2 aromatic carbocycles. The van der Waals surface area contributed by atoms with Gasteiger partial charge in [0.25, 0.3) is 5.69 Å². The number of nitrogens with zero attached hydrogens (tertiary/aromatic N) is 3. The average Bonchev–Trinajstić information content (AvgIpc) is 3.14. The lowest BCUT2D eigenvalue weighted by Gasteiger charge is -2.59. The van der Waals surface area contributed by atoms with Crippen LogP contribution >= 0.6 is 11.6 Å². The van der Waals surface area contributed by atoms with Crippen molar-refractivity contribution in [1.29, 1.82) is 0 Å². The number of unbranched alkanes of at least 4 members (excludes halogenated alkanes) is 2. The highest BCUT2D eigenvalue weighted by Crippen LogP contribution is 2.62. The summed E-state index contributed by atoms with van der Waals surface area (Å²) in [7, 11) is 3.13. The van der Waals surface area contributed by atoms with E-state index in [0.29, 0.717) is 35.8 Å². The average molecular weight is 742 g/mol. The summed E-state index contributed by atoms with van der Waals surface area (Å²) in [6, 6.07) is 10.7. The van der Waals surface area contributed by atoms with E-state index in [1.165, 1.54) is 24.1 Å². The third-order valence-electron chi connectivity index (χ3n) is 10.2. The van der Waals surface area contributed by atoms with E-state index in [4.69, 9.17) is 35.4 Å². The Morgan fingerprint density at radius 3 is 2.60 bits per heavy atom. The molecule has 2 aliphatic carbocycles. The van der Waals surface area contributed by atoms with Crippen molar-refractivity contribution >= 4 is 29.1 Å². The normalized spacial score (nSPS) is 25.2. The number of hydrogen-bond donors (Lipinski definition) is 2. The highest BCUT2D eigenvalue weighted by atomic mass is 35.5. The van der Waals surface area contributed by atoms with E-state index in [0.717, 1.165) is 36.8 Å². The van der Waals surface area contributed by atoms with Crippen molar-refractivity contribution in [2.24, 2.45) is 22.9 Å². The molecular formula is C38H48ClN3O10. The second-order valence-corrected chi connectivity index (χ2v) is 13.6. The van der Waals surface area contributed by atoms with Crippen LogP contribution in [0.2, 0.25) is 0 Å². The molecule has 0 radical (unpaired) electrons. The van der Waals surface area contributed by atoms with Crippen molar-refractivity contribution < 1.29 is 43.7 Å². The summed E-state index contributed by atoms with van der Waals surface area (Å²) in [6.07, 6.45) is 7.91. The number of aliphatic hydroxyl groups excluding tert-OH is 2. The molecule has 5 rings (SSSR count). The number of alkyl halides is 1. The Labute approximate surface area is 308 Å². The number of fused-ring (bicyclic) bond motifs is 2. The zero-order chi connectivity index (χ0) is 37.3. The molecule has 13 nitrogen and oxygen atoms in total. The molecule has 52 heavy (non-hydrogen) atoms. The lowest BCUT2D eigenvalue weighted by molar-refractivity contribution is -0.384. The predicted octanol–water partition coefficient (Wildman–Crippen LogP) is 6.96. The maximum absolute atomic E-state index is 13.5. The van der Waals surface area contributed by atoms with Gasteiger partial charge in [-0.25, -0.2) is 4.79 Å². The summed E-state index contributed by atoms with van der Waals surface area (Å²) < 4.78 is 25.5. The van der Waals surface area contributed by atoms with E-state index in [-0.39, 0.29) is 62.2 Å². The molecule has 0 bridgehead atoms. The molecule has 2 N–H and O–H groups in total. The minimum atomic E-state index is -1.42. The van der Waals surface area contributed by atoms with Crippen molar-refractivity contribution in [3.8, 4) is 17.2 Å². The van der Waals surface area contributed by atoms with Gasteiger partial charge >= 0.3 is 6.09 Å². The van der Waals surface area contributed by atoms with Crippen LogP contribution in [0.4, 0.5) is 10.5 Å². The third-order valence-corrected chi connectivity index (χ3v) is 10.3. The van der Waals surface area contributed by atoms with Crippen molar-refractivity contribution in [2.45, 2.75) is 62.7 Å². The van der Waals surface area contributed by atoms with Gasteiger partial charge in [-0.15, -0.1) is 18.2 Å². The first-order valence-electron chi connectivity index (χ1n) is 17.7. The van der Waals surface area contributed by atoms with E-state index >= 15 is 0 Å². The van der Waals surface area contributed by atoms with Gasteiger partial charge in [0.15, 0.2) is 0 Å². The summed E-state index contributed by atoms with van der Waals surface area (Å²) in [6.45, 7) is 4.20. The van der Waals surface area contributed by atoms with Crippen molar-refractivity contribution in [3.63, 3.8) is 0 Å². The van der Waals surface area contributed by atoms with Crippen LogP contribution in [-0.2, 0) is 14.3 Å².